The molecular weight excluding hydrogens is 262 g/mol. The Morgan fingerprint density at radius 3 is 2.70 bits per heavy atom. The van der Waals surface area contributed by atoms with Crippen LogP contribution in [0.25, 0.3) is 0 Å². The molecule has 0 aromatic carbocycles. The number of amides is 2. The van der Waals surface area contributed by atoms with E-state index in [0.29, 0.717) is 18.8 Å². The second kappa shape index (κ2) is 7.46. The van der Waals surface area contributed by atoms with Crippen LogP contribution in [0.15, 0.2) is 6.33 Å². The molecule has 1 aromatic rings. The molecule has 20 heavy (non-hydrogen) atoms. The van der Waals surface area contributed by atoms with Crippen LogP contribution in [0.2, 0.25) is 0 Å². The first-order chi connectivity index (χ1) is 9.40. The third-order valence-electron chi connectivity index (χ3n) is 2.72. The number of hydrogen-bond donors (Lipinski definition) is 2. The quantitative estimate of drug-likeness (QED) is 0.747. The first-order valence-corrected chi connectivity index (χ1v) is 6.51. The number of nitrogens with one attached hydrogen (secondary N) is 1. The second-order valence-corrected chi connectivity index (χ2v) is 4.75. The first kappa shape index (κ1) is 15.9. The van der Waals surface area contributed by atoms with Gasteiger partial charge in [-0.05, 0) is 13.8 Å². The van der Waals surface area contributed by atoms with Crippen molar-refractivity contribution in [2.45, 2.75) is 32.7 Å². The van der Waals surface area contributed by atoms with Gasteiger partial charge in [-0.3, -0.25) is 9.48 Å². The molecule has 0 fully saturated rings. The monoisotopic (exact) mass is 283 g/mol. The van der Waals surface area contributed by atoms with Crippen LogP contribution in [-0.2, 0) is 18.3 Å². The molecule has 112 valence electrons. The van der Waals surface area contributed by atoms with Gasteiger partial charge < -0.3 is 15.3 Å². The Labute approximate surface area is 117 Å². The average molecular weight is 283 g/mol. The number of aliphatic carboxylic acids is 1. The molecule has 1 heterocycles. The summed E-state index contributed by atoms with van der Waals surface area (Å²) in [5, 5.41) is 15.5. The van der Waals surface area contributed by atoms with Crippen LogP contribution in [-0.4, -0.2) is 55.9 Å². The van der Waals surface area contributed by atoms with Crippen molar-refractivity contribution in [2.24, 2.45) is 7.05 Å². The maximum Gasteiger partial charge on any atom is 0.317 e. The van der Waals surface area contributed by atoms with Crippen molar-refractivity contribution in [3.05, 3.63) is 12.2 Å². The number of hydrogen-bond acceptors (Lipinski definition) is 4. The van der Waals surface area contributed by atoms with Crippen molar-refractivity contribution < 1.29 is 14.7 Å². The van der Waals surface area contributed by atoms with E-state index >= 15 is 0 Å². The maximum absolute atomic E-state index is 12.0. The number of carbonyl (C=O) groups excluding carboxylic acids is 1. The Balaban J connectivity index is 2.39. The van der Waals surface area contributed by atoms with Crippen molar-refractivity contribution in [3.8, 4) is 0 Å². The van der Waals surface area contributed by atoms with Gasteiger partial charge in [0.2, 0.25) is 0 Å². The average Bonchev–Trinajstić information content (AvgIpc) is 2.74. The van der Waals surface area contributed by atoms with Crippen molar-refractivity contribution in [2.75, 3.05) is 13.1 Å². The van der Waals surface area contributed by atoms with E-state index in [9.17, 15) is 9.59 Å². The van der Waals surface area contributed by atoms with Gasteiger partial charge in [-0.15, -0.1) is 0 Å². The standard InChI is InChI=1S/C12H21N5O3/c1-9(2)17(7-5-11(18)19)12(20)13-6-4-10-14-8-16(3)15-10/h8-9H,4-7H2,1-3H3,(H,13,20)(H,18,19). The molecule has 0 radical (unpaired) electrons. The number of nitrogens with zero attached hydrogens (tertiary/aromatic N) is 4. The van der Waals surface area contributed by atoms with Crippen molar-refractivity contribution in [1.82, 2.24) is 25.0 Å². The molecule has 0 spiro atoms. The molecule has 0 saturated heterocycles. The molecule has 8 nitrogen and oxygen atoms in total. The zero-order chi connectivity index (χ0) is 15.1. The predicted octanol–water partition coefficient (Wildman–Crippen LogP) is 0.252. The van der Waals surface area contributed by atoms with Gasteiger partial charge in [-0.2, -0.15) is 5.10 Å². The van der Waals surface area contributed by atoms with E-state index in [2.05, 4.69) is 15.4 Å². The fourth-order valence-electron chi connectivity index (χ4n) is 1.69. The van der Waals surface area contributed by atoms with Gasteiger partial charge in [0.15, 0.2) is 5.82 Å². The van der Waals surface area contributed by atoms with Crippen LogP contribution in [0, 0.1) is 0 Å². The third-order valence-corrected chi connectivity index (χ3v) is 2.72. The first-order valence-electron chi connectivity index (χ1n) is 6.51. The lowest BCUT2D eigenvalue weighted by atomic mass is 10.3. The van der Waals surface area contributed by atoms with Crippen LogP contribution >= 0.6 is 0 Å². The molecule has 0 atom stereocenters. The zero-order valence-corrected chi connectivity index (χ0v) is 12.0. The Morgan fingerprint density at radius 2 is 2.20 bits per heavy atom. The van der Waals surface area contributed by atoms with E-state index in [1.54, 1.807) is 18.1 Å². The maximum atomic E-state index is 12.0. The molecule has 0 aliphatic heterocycles. The lowest BCUT2D eigenvalue weighted by molar-refractivity contribution is -0.137. The summed E-state index contributed by atoms with van der Waals surface area (Å²) in [5.41, 5.74) is 0. The fourth-order valence-corrected chi connectivity index (χ4v) is 1.69. The summed E-state index contributed by atoms with van der Waals surface area (Å²) in [5.74, 6) is -0.254. The highest BCUT2D eigenvalue weighted by molar-refractivity contribution is 5.75. The number of carboxylic acids is 1. The van der Waals surface area contributed by atoms with Gasteiger partial charge in [-0.1, -0.05) is 0 Å². The van der Waals surface area contributed by atoms with Gasteiger partial charge in [-0.25, -0.2) is 9.78 Å². The van der Waals surface area contributed by atoms with Gasteiger partial charge >= 0.3 is 12.0 Å². The van der Waals surface area contributed by atoms with Crippen LogP contribution in [0.5, 0.6) is 0 Å². The predicted molar refractivity (Wildman–Crippen MR) is 72.2 cm³/mol. The van der Waals surface area contributed by atoms with E-state index < -0.39 is 5.97 Å². The highest BCUT2D eigenvalue weighted by Crippen LogP contribution is 2.01. The molecular formula is C12H21N5O3. The van der Waals surface area contributed by atoms with E-state index in [-0.39, 0.29) is 25.0 Å². The Bertz CT molecular complexity index is 458. The van der Waals surface area contributed by atoms with Gasteiger partial charge in [0.1, 0.15) is 6.33 Å². The molecule has 8 heteroatoms. The second-order valence-electron chi connectivity index (χ2n) is 4.75. The highest BCUT2D eigenvalue weighted by Gasteiger charge is 2.17. The van der Waals surface area contributed by atoms with E-state index in [0.717, 1.165) is 0 Å². The molecule has 0 saturated carbocycles. The Hall–Kier alpha value is -2.12. The van der Waals surface area contributed by atoms with Crippen molar-refractivity contribution >= 4 is 12.0 Å². The minimum atomic E-state index is -0.916. The highest BCUT2D eigenvalue weighted by atomic mass is 16.4. The largest absolute Gasteiger partial charge is 0.481 e. The number of carboxylic acid groups (broad SMARTS) is 1. The summed E-state index contributed by atoms with van der Waals surface area (Å²) < 4.78 is 1.60. The number of rotatable bonds is 7. The van der Waals surface area contributed by atoms with Crippen LogP contribution < -0.4 is 5.32 Å². The third kappa shape index (κ3) is 5.25. The smallest absolute Gasteiger partial charge is 0.317 e. The minimum absolute atomic E-state index is 0.0534. The zero-order valence-electron chi connectivity index (χ0n) is 12.0. The summed E-state index contributed by atoms with van der Waals surface area (Å²) in [4.78, 5) is 28.1. The molecule has 0 bridgehead atoms. The molecule has 0 unspecified atom stereocenters. The lowest BCUT2D eigenvalue weighted by Crippen LogP contribution is -2.45. The van der Waals surface area contributed by atoms with Gasteiger partial charge in [0, 0.05) is 32.6 Å². The van der Waals surface area contributed by atoms with Crippen LogP contribution in [0.1, 0.15) is 26.1 Å². The number of urea groups is 1. The van der Waals surface area contributed by atoms with Crippen LogP contribution in [0.3, 0.4) is 0 Å². The summed E-state index contributed by atoms with van der Waals surface area (Å²) in [6.45, 7) is 4.31. The summed E-state index contributed by atoms with van der Waals surface area (Å²) in [6.07, 6.45) is 2.08. The normalized spacial score (nSPS) is 10.6. The molecule has 2 amide bonds. The van der Waals surface area contributed by atoms with Gasteiger partial charge in [0.05, 0.1) is 6.42 Å². The van der Waals surface area contributed by atoms with Crippen molar-refractivity contribution in [1.29, 1.82) is 0 Å². The van der Waals surface area contributed by atoms with E-state index in [1.807, 2.05) is 13.8 Å². The molecule has 1 aromatic heterocycles. The Morgan fingerprint density at radius 1 is 1.50 bits per heavy atom. The van der Waals surface area contributed by atoms with E-state index in [1.165, 1.54) is 4.90 Å². The minimum Gasteiger partial charge on any atom is -0.481 e. The van der Waals surface area contributed by atoms with Crippen LogP contribution in [0.4, 0.5) is 4.79 Å². The topological polar surface area (TPSA) is 100 Å². The summed E-state index contributed by atoms with van der Waals surface area (Å²) in [7, 11) is 1.78. The Kier molecular flexibility index (Phi) is 5.95. The van der Waals surface area contributed by atoms with Gasteiger partial charge in [0.25, 0.3) is 0 Å². The molecule has 1 rings (SSSR count). The lowest BCUT2D eigenvalue weighted by Gasteiger charge is -2.26. The molecule has 2 N–H and O–H groups in total. The molecule has 0 aliphatic rings. The SMILES string of the molecule is CC(C)N(CCC(=O)O)C(=O)NCCc1ncn(C)n1. The summed E-state index contributed by atoms with van der Waals surface area (Å²) >= 11 is 0. The van der Waals surface area contributed by atoms with E-state index in [4.69, 9.17) is 5.11 Å². The summed E-state index contributed by atoms with van der Waals surface area (Å²) in [6, 6.07) is -0.320. The number of carbonyl (C=O) groups is 2. The number of aryl methyl sites for hydroxylation is 1. The number of aromatic nitrogens is 3. The molecule has 0 aliphatic carbocycles. The van der Waals surface area contributed by atoms with Crippen molar-refractivity contribution in [3.63, 3.8) is 0 Å². The fraction of sp³-hybridized carbons (Fsp3) is 0.667.